The number of hydrogen-bond acceptors (Lipinski definition) is 1. The zero-order valence-electron chi connectivity index (χ0n) is 25.1. The molecule has 0 bridgehead atoms. The van der Waals surface area contributed by atoms with Gasteiger partial charge in [0.25, 0.3) is 0 Å². The van der Waals surface area contributed by atoms with Gasteiger partial charge in [-0.3, -0.25) is 0 Å². The van der Waals surface area contributed by atoms with E-state index in [0.29, 0.717) is 0 Å². The molecule has 1 heterocycles. The van der Waals surface area contributed by atoms with Crippen LogP contribution in [0, 0.1) is 6.92 Å². The van der Waals surface area contributed by atoms with Crippen molar-refractivity contribution in [2.75, 3.05) is 4.90 Å². The van der Waals surface area contributed by atoms with E-state index in [9.17, 15) is 0 Å². The summed E-state index contributed by atoms with van der Waals surface area (Å²) in [6.45, 7) is 2.17. The van der Waals surface area contributed by atoms with Gasteiger partial charge in [-0.2, -0.15) is 0 Å². The van der Waals surface area contributed by atoms with Crippen LogP contribution in [0.15, 0.2) is 176 Å². The third-order valence-corrected chi connectivity index (χ3v) is 8.64. The summed E-state index contributed by atoms with van der Waals surface area (Å²) in [7, 11) is 0. The summed E-state index contributed by atoms with van der Waals surface area (Å²) in [6.07, 6.45) is 0. The molecule has 214 valence electrons. The first-order chi connectivity index (χ1) is 22.3. The van der Waals surface area contributed by atoms with Crippen LogP contribution in [0.1, 0.15) is 5.56 Å². The highest BCUT2D eigenvalue weighted by Gasteiger charge is 2.23. The Morgan fingerprint density at radius 1 is 0.444 bits per heavy atom. The zero-order chi connectivity index (χ0) is 30.2. The molecule has 0 saturated heterocycles. The maximum Gasteiger partial charge on any atom is 0.0562 e. The van der Waals surface area contributed by atoms with Gasteiger partial charge < -0.3 is 9.47 Å². The van der Waals surface area contributed by atoms with Gasteiger partial charge in [-0.05, 0) is 78.2 Å². The largest absolute Gasteiger partial charge is 0.309 e. The van der Waals surface area contributed by atoms with Gasteiger partial charge in [0.05, 0.1) is 22.4 Å². The number of aromatic nitrogens is 1. The van der Waals surface area contributed by atoms with Crippen molar-refractivity contribution in [3.63, 3.8) is 0 Å². The van der Waals surface area contributed by atoms with Crippen molar-refractivity contribution in [2.24, 2.45) is 0 Å². The minimum Gasteiger partial charge on any atom is -0.309 e. The maximum atomic E-state index is 2.45. The van der Waals surface area contributed by atoms with E-state index in [1.807, 2.05) is 0 Å². The van der Waals surface area contributed by atoms with Gasteiger partial charge in [0.1, 0.15) is 0 Å². The van der Waals surface area contributed by atoms with E-state index in [1.54, 1.807) is 0 Å². The smallest absolute Gasteiger partial charge is 0.0562 e. The average Bonchev–Trinajstić information content (AvgIpc) is 3.45. The Hall–Kier alpha value is -5.86. The SMILES string of the molecule is Cc1ccc(N(c2ccc(-c3ccccc3)cc2)c2cccc3c2c2ccccc2n3-c2ccccc2)c(-c2ccccc2)c1. The first kappa shape index (κ1) is 26.7. The molecule has 0 saturated carbocycles. The minimum atomic E-state index is 1.11. The first-order valence-corrected chi connectivity index (χ1v) is 15.5. The van der Waals surface area contributed by atoms with Gasteiger partial charge in [-0.15, -0.1) is 0 Å². The average molecular weight is 577 g/mol. The zero-order valence-corrected chi connectivity index (χ0v) is 25.1. The highest BCUT2D eigenvalue weighted by atomic mass is 15.1. The Bertz CT molecular complexity index is 2250. The molecular weight excluding hydrogens is 544 g/mol. The van der Waals surface area contributed by atoms with Crippen molar-refractivity contribution in [3.8, 4) is 27.9 Å². The van der Waals surface area contributed by atoms with Gasteiger partial charge >= 0.3 is 0 Å². The molecule has 0 unspecified atom stereocenters. The predicted octanol–water partition coefficient (Wildman–Crippen LogP) is 11.9. The second-order valence-corrected chi connectivity index (χ2v) is 11.5. The number of anilines is 3. The quantitative estimate of drug-likeness (QED) is 0.191. The lowest BCUT2D eigenvalue weighted by Crippen LogP contribution is -2.12. The van der Waals surface area contributed by atoms with Crippen molar-refractivity contribution in [1.29, 1.82) is 0 Å². The number of fused-ring (bicyclic) bond motifs is 3. The van der Waals surface area contributed by atoms with E-state index >= 15 is 0 Å². The van der Waals surface area contributed by atoms with Crippen LogP contribution in [-0.2, 0) is 0 Å². The Kier molecular flexibility index (Phi) is 6.73. The number of nitrogens with zero attached hydrogens (tertiary/aromatic N) is 2. The van der Waals surface area contributed by atoms with Gasteiger partial charge in [0.15, 0.2) is 0 Å². The topological polar surface area (TPSA) is 8.17 Å². The molecule has 0 aliphatic heterocycles. The summed E-state index contributed by atoms with van der Waals surface area (Å²) < 4.78 is 2.39. The monoisotopic (exact) mass is 576 g/mol. The minimum absolute atomic E-state index is 1.11. The maximum absolute atomic E-state index is 2.45. The standard InChI is InChI=1S/C43H32N2/c1-31-24-29-40(38(30-31)34-16-7-3-8-17-34)45(36-27-25-33(26-28-36)32-14-5-2-6-15-32)42-23-13-22-41-43(42)37-20-11-12-21-39(37)44(41)35-18-9-4-10-19-35/h2-30H,1H3. The van der Waals surface area contributed by atoms with Crippen molar-refractivity contribution < 1.29 is 0 Å². The van der Waals surface area contributed by atoms with E-state index in [0.717, 1.165) is 22.7 Å². The van der Waals surface area contributed by atoms with E-state index < -0.39 is 0 Å². The van der Waals surface area contributed by atoms with E-state index in [2.05, 4.69) is 192 Å². The molecule has 1 aromatic heterocycles. The van der Waals surface area contributed by atoms with Crippen molar-refractivity contribution in [2.45, 2.75) is 6.92 Å². The van der Waals surface area contributed by atoms with Crippen LogP contribution in [-0.4, -0.2) is 4.57 Å². The molecular formula is C43H32N2. The third-order valence-electron chi connectivity index (χ3n) is 8.64. The summed E-state index contributed by atoms with van der Waals surface area (Å²) in [6, 6.07) is 63.2. The second kappa shape index (κ2) is 11.3. The molecule has 0 radical (unpaired) electrons. The van der Waals surface area contributed by atoms with E-state index in [-0.39, 0.29) is 0 Å². The Morgan fingerprint density at radius 3 is 1.78 bits per heavy atom. The summed E-state index contributed by atoms with van der Waals surface area (Å²) in [5.41, 5.74) is 13.0. The molecule has 7 aromatic carbocycles. The third kappa shape index (κ3) is 4.77. The van der Waals surface area contributed by atoms with Crippen LogP contribution in [0.25, 0.3) is 49.7 Å². The number of aryl methyl sites for hydroxylation is 1. The second-order valence-electron chi connectivity index (χ2n) is 11.5. The molecule has 2 heteroatoms. The molecule has 8 rings (SSSR count). The number of benzene rings is 7. The fourth-order valence-electron chi connectivity index (χ4n) is 6.58. The Labute approximate surface area is 264 Å². The number of para-hydroxylation sites is 2. The lowest BCUT2D eigenvalue weighted by Gasteiger charge is -2.29. The fourth-order valence-corrected chi connectivity index (χ4v) is 6.58. The molecule has 0 aliphatic rings. The highest BCUT2D eigenvalue weighted by molar-refractivity contribution is 6.17. The summed E-state index contributed by atoms with van der Waals surface area (Å²) in [4.78, 5) is 2.45. The van der Waals surface area contributed by atoms with Crippen LogP contribution in [0.3, 0.4) is 0 Å². The molecule has 45 heavy (non-hydrogen) atoms. The molecule has 8 aromatic rings. The Morgan fingerprint density at radius 2 is 1.04 bits per heavy atom. The lowest BCUT2D eigenvalue weighted by atomic mass is 9.98. The van der Waals surface area contributed by atoms with E-state index in [4.69, 9.17) is 0 Å². The summed E-state index contributed by atoms with van der Waals surface area (Å²) >= 11 is 0. The lowest BCUT2D eigenvalue weighted by molar-refractivity contribution is 1.18. The van der Waals surface area contributed by atoms with Gasteiger partial charge in [-0.1, -0.05) is 127 Å². The Balaban J connectivity index is 1.43. The van der Waals surface area contributed by atoms with Gasteiger partial charge in [0.2, 0.25) is 0 Å². The van der Waals surface area contributed by atoms with Crippen molar-refractivity contribution in [1.82, 2.24) is 4.57 Å². The molecule has 0 spiro atoms. The van der Waals surface area contributed by atoms with Crippen molar-refractivity contribution in [3.05, 3.63) is 181 Å². The van der Waals surface area contributed by atoms with Gasteiger partial charge in [-0.25, -0.2) is 0 Å². The van der Waals surface area contributed by atoms with Crippen LogP contribution < -0.4 is 4.90 Å². The van der Waals surface area contributed by atoms with Crippen molar-refractivity contribution >= 4 is 38.9 Å². The molecule has 0 atom stereocenters. The van der Waals surface area contributed by atoms with Crippen LogP contribution in [0.4, 0.5) is 17.1 Å². The van der Waals surface area contributed by atoms with E-state index in [1.165, 1.54) is 49.6 Å². The summed E-state index contributed by atoms with van der Waals surface area (Å²) in [5, 5.41) is 2.45. The van der Waals surface area contributed by atoms with Gasteiger partial charge in [0, 0.05) is 27.7 Å². The summed E-state index contributed by atoms with van der Waals surface area (Å²) in [5.74, 6) is 0. The van der Waals surface area contributed by atoms with Crippen LogP contribution in [0.2, 0.25) is 0 Å². The highest BCUT2D eigenvalue weighted by Crippen LogP contribution is 2.46. The molecule has 0 fully saturated rings. The number of rotatable bonds is 6. The molecule has 0 aliphatic carbocycles. The van der Waals surface area contributed by atoms with Crippen LogP contribution >= 0.6 is 0 Å². The first-order valence-electron chi connectivity index (χ1n) is 15.5. The fraction of sp³-hybridized carbons (Fsp3) is 0.0233. The molecule has 0 amide bonds. The molecule has 0 N–H and O–H groups in total. The molecule has 2 nitrogen and oxygen atoms in total. The number of hydrogen-bond donors (Lipinski definition) is 0. The van der Waals surface area contributed by atoms with Crippen LogP contribution in [0.5, 0.6) is 0 Å². The predicted molar refractivity (Wildman–Crippen MR) is 191 cm³/mol. The normalized spacial score (nSPS) is 11.2.